The van der Waals surface area contributed by atoms with Gasteiger partial charge in [0.1, 0.15) is 0 Å². The molecule has 0 aliphatic carbocycles. The van der Waals surface area contributed by atoms with Crippen molar-refractivity contribution in [1.29, 1.82) is 0 Å². The molecule has 0 aliphatic rings. The van der Waals surface area contributed by atoms with Crippen LogP contribution >= 0.6 is 0 Å². The minimum atomic E-state index is 0. The van der Waals surface area contributed by atoms with Crippen molar-refractivity contribution in [2.45, 2.75) is 26.2 Å². The Labute approximate surface area is 71.6 Å². The van der Waals surface area contributed by atoms with Crippen molar-refractivity contribution in [3.8, 4) is 0 Å². The molecule has 0 bridgehead atoms. The second-order valence-corrected chi connectivity index (χ2v) is 1.21. The molecule has 0 fully saturated rings. The van der Waals surface area contributed by atoms with Crippen LogP contribution in [-0.2, 0) is 21.7 Å². The molecule has 3 N–H and O–H groups in total. The van der Waals surface area contributed by atoms with Crippen LogP contribution in [0.3, 0.4) is 0 Å². The fourth-order valence-electron chi connectivity index (χ4n) is 0.250. The van der Waals surface area contributed by atoms with Crippen molar-refractivity contribution in [2.24, 2.45) is 0 Å². The Morgan fingerprint density at radius 1 is 1.11 bits per heavy atom. The monoisotopic (exact) mass is 170 g/mol. The Bertz CT molecular complexity index is 19.7. The molecule has 0 aromatic rings. The molecule has 0 atom stereocenters. The van der Waals surface area contributed by atoms with Gasteiger partial charge in [-0.3, -0.25) is 0 Å². The summed E-state index contributed by atoms with van der Waals surface area (Å²) < 4.78 is 0. The SMILES string of the molecule is [CH2-]CCCC.[OH-].[OH-].[OH-].[Ti+4]. The molecule has 56 valence electrons. The van der Waals surface area contributed by atoms with Crippen LogP contribution in [-0.4, -0.2) is 16.4 Å². The number of hydrogen-bond acceptors (Lipinski definition) is 3. The molecule has 0 aromatic carbocycles. The quantitative estimate of drug-likeness (QED) is 0.464. The van der Waals surface area contributed by atoms with Gasteiger partial charge in [-0.15, -0.1) is 0 Å². The Morgan fingerprint density at radius 3 is 1.44 bits per heavy atom. The maximum atomic E-state index is 3.68. The van der Waals surface area contributed by atoms with Gasteiger partial charge in [0.15, 0.2) is 0 Å². The molecule has 0 spiro atoms. The number of rotatable bonds is 2. The van der Waals surface area contributed by atoms with Gasteiger partial charge in [-0.05, 0) is 0 Å². The van der Waals surface area contributed by atoms with Crippen LogP contribution < -0.4 is 0 Å². The van der Waals surface area contributed by atoms with E-state index >= 15 is 0 Å². The van der Waals surface area contributed by atoms with Gasteiger partial charge in [-0.25, -0.2) is 0 Å². The van der Waals surface area contributed by atoms with Gasteiger partial charge in [0.05, 0.1) is 0 Å². The summed E-state index contributed by atoms with van der Waals surface area (Å²) in [6.45, 7) is 5.85. The molecule has 4 heteroatoms. The summed E-state index contributed by atoms with van der Waals surface area (Å²) in [6.07, 6.45) is 3.65. The topological polar surface area (TPSA) is 90.0 Å². The summed E-state index contributed by atoms with van der Waals surface area (Å²) in [5, 5.41) is 0. The van der Waals surface area contributed by atoms with E-state index in [0.29, 0.717) is 0 Å². The summed E-state index contributed by atoms with van der Waals surface area (Å²) in [7, 11) is 0. The number of unbranched alkanes of at least 4 members (excludes halogenated alkanes) is 2. The Morgan fingerprint density at radius 2 is 1.44 bits per heavy atom. The summed E-state index contributed by atoms with van der Waals surface area (Å²) in [5.41, 5.74) is 0. The van der Waals surface area contributed by atoms with Crippen LogP contribution in [0, 0.1) is 6.92 Å². The molecule has 0 aliphatic heterocycles. The summed E-state index contributed by atoms with van der Waals surface area (Å²) >= 11 is 0. The minimum Gasteiger partial charge on any atom is -0.870 e. The molecule has 0 heterocycles. The Kier molecular flexibility index (Phi) is 143. The molecular weight excluding hydrogens is 156 g/mol. The van der Waals surface area contributed by atoms with Gasteiger partial charge in [-0.2, -0.15) is 6.42 Å². The first-order chi connectivity index (χ1) is 2.41. The Hall–Kier alpha value is 0.594. The molecule has 0 amide bonds. The number of hydrogen-bond donors (Lipinski definition) is 0. The van der Waals surface area contributed by atoms with Crippen LogP contribution in [0.15, 0.2) is 0 Å². The third kappa shape index (κ3) is 55.5. The normalized spacial score (nSPS) is 4.67. The second kappa shape index (κ2) is 38.4. The van der Waals surface area contributed by atoms with Gasteiger partial charge >= 0.3 is 21.7 Å². The predicted octanol–water partition coefficient (Wildman–Crippen LogP) is 1.48. The zero-order valence-corrected chi connectivity index (χ0v) is 7.23. The Balaban J connectivity index is -0.0000000133. The van der Waals surface area contributed by atoms with E-state index in [0.717, 1.165) is 6.42 Å². The smallest absolute Gasteiger partial charge is 0.870 e. The first-order valence-corrected chi connectivity index (χ1v) is 2.21. The summed E-state index contributed by atoms with van der Waals surface area (Å²) in [4.78, 5) is 0. The zero-order valence-electron chi connectivity index (χ0n) is 5.67. The van der Waals surface area contributed by atoms with Crippen LogP contribution in [0.4, 0.5) is 0 Å². The molecule has 0 saturated carbocycles. The van der Waals surface area contributed by atoms with Gasteiger partial charge in [0.2, 0.25) is 0 Å². The van der Waals surface area contributed by atoms with Crippen molar-refractivity contribution < 1.29 is 38.1 Å². The van der Waals surface area contributed by atoms with E-state index in [1.54, 1.807) is 0 Å². The van der Waals surface area contributed by atoms with Gasteiger partial charge in [0.25, 0.3) is 0 Å². The van der Waals surface area contributed by atoms with E-state index < -0.39 is 0 Å². The fourth-order valence-corrected chi connectivity index (χ4v) is 0.250. The van der Waals surface area contributed by atoms with Gasteiger partial charge in [0, 0.05) is 0 Å². The average Bonchev–Trinajstić information content (AvgIpc) is 1.41. The minimum absolute atomic E-state index is 0. The summed E-state index contributed by atoms with van der Waals surface area (Å²) in [5.74, 6) is 0. The largest absolute Gasteiger partial charge is 4.00 e. The van der Waals surface area contributed by atoms with E-state index in [1.807, 2.05) is 0 Å². The third-order valence-corrected chi connectivity index (χ3v) is 0.604. The standard InChI is InChI=1S/C5H11.3H2O.Ti/c1-3-5-4-2;;;;/h1,3-5H2,2H3;3*1H2;/q-1;;;;+4/p-3. The van der Waals surface area contributed by atoms with Crippen molar-refractivity contribution in [3.63, 3.8) is 0 Å². The molecule has 0 saturated heterocycles. The second-order valence-electron chi connectivity index (χ2n) is 1.21. The van der Waals surface area contributed by atoms with Crippen LogP contribution in [0.25, 0.3) is 0 Å². The van der Waals surface area contributed by atoms with E-state index in [2.05, 4.69) is 13.8 Å². The van der Waals surface area contributed by atoms with Gasteiger partial charge < -0.3 is 23.4 Å². The molecule has 3 nitrogen and oxygen atoms in total. The third-order valence-electron chi connectivity index (χ3n) is 0.604. The molecule has 0 unspecified atom stereocenters. The molecule has 9 heavy (non-hydrogen) atoms. The van der Waals surface area contributed by atoms with E-state index in [9.17, 15) is 0 Å². The first-order valence-electron chi connectivity index (χ1n) is 2.21. The maximum absolute atomic E-state index is 3.68. The zero-order chi connectivity index (χ0) is 4.12. The van der Waals surface area contributed by atoms with Crippen molar-refractivity contribution >= 4 is 0 Å². The average molecular weight is 170 g/mol. The van der Waals surface area contributed by atoms with Crippen molar-refractivity contribution in [2.75, 3.05) is 0 Å². The van der Waals surface area contributed by atoms with E-state index in [4.69, 9.17) is 0 Å². The molecule has 0 aromatic heterocycles. The van der Waals surface area contributed by atoms with Gasteiger partial charge in [-0.1, -0.05) is 19.8 Å². The molecule has 0 rings (SSSR count). The first kappa shape index (κ1) is 33.6. The van der Waals surface area contributed by atoms with E-state index in [-0.39, 0.29) is 38.1 Å². The van der Waals surface area contributed by atoms with Crippen molar-refractivity contribution in [3.05, 3.63) is 6.92 Å². The molecule has 0 radical (unpaired) electrons. The maximum Gasteiger partial charge on any atom is 4.00 e. The van der Waals surface area contributed by atoms with Crippen LogP contribution in [0.1, 0.15) is 26.2 Å². The summed E-state index contributed by atoms with van der Waals surface area (Å²) in [6, 6.07) is 0. The van der Waals surface area contributed by atoms with Crippen LogP contribution in [0.5, 0.6) is 0 Å². The fraction of sp³-hybridized carbons (Fsp3) is 0.800. The van der Waals surface area contributed by atoms with Crippen LogP contribution in [0.2, 0.25) is 0 Å². The predicted molar refractivity (Wildman–Crippen MR) is 30.7 cm³/mol. The van der Waals surface area contributed by atoms with Crippen molar-refractivity contribution in [1.82, 2.24) is 0 Å². The molecular formula is C5H14O3Ti. The van der Waals surface area contributed by atoms with E-state index in [1.165, 1.54) is 12.8 Å².